The molecule has 0 rings (SSSR count). The minimum Gasteiger partial charge on any atom is -0.480 e. The summed E-state index contributed by atoms with van der Waals surface area (Å²) in [4.78, 5) is 24.3. The Balaban J connectivity index is 4.72. The Morgan fingerprint density at radius 3 is 2.38 bits per heavy atom. The number of carbonyl (C=O) groups is 2. The molecule has 2 amide bonds. The highest BCUT2D eigenvalue weighted by Crippen LogP contribution is 2.02. The molecule has 0 spiro atoms. The Labute approximate surface area is 124 Å². The zero-order valence-corrected chi connectivity index (χ0v) is 13.2. The number of carbonyl (C=O) groups excluding carboxylic acids is 1. The zero-order valence-electron chi connectivity index (χ0n) is 12.4. The van der Waals surface area contributed by atoms with E-state index in [2.05, 4.69) is 5.32 Å². The Hall–Kier alpha value is -1.82. The van der Waals surface area contributed by atoms with Gasteiger partial charge in [0.15, 0.2) is 0 Å². The number of amides is 2. The largest absolute Gasteiger partial charge is 0.480 e. The molecular weight excluding hydrogens is 298 g/mol. The summed E-state index contributed by atoms with van der Waals surface area (Å²) in [6.07, 6.45) is 0.798. The number of sulfone groups is 1. The Morgan fingerprint density at radius 2 is 2.00 bits per heavy atom. The first-order valence-corrected chi connectivity index (χ1v) is 8.52. The van der Waals surface area contributed by atoms with Gasteiger partial charge in [0.1, 0.15) is 15.9 Å². The minimum absolute atomic E-state index is 0.178. The summed E-state index contributed by atoms with van der Waals surface area (Å²) in [5.41, 5.74) is 0. The molecule has 0 aliphatic rings. The maximum atomic E-state index is 12.0. The summed E-state index contributed by atoms with van der Waals surface area (Å²) in [7, 11) is -3.31. The molecule has 0 aromatic heterocycles. The monoisotopic (exact) mass is 319 g/mol. The zero-order chi connectivity index (χ0) is 16.6. The van der Waals surface area contributed by atoms with E-state index >= 15 is 0 Å². The summed E-state index contributed by atoms with van der Waals surface area (Å²) < 4.78 is 22.1. The second-order valence-corrected chi connectivity index (χ2v) is 7.09. The number of aliphatic carboxylic acids is 1. The van der Waals surface area contributed by atoms with Gasteiger partial charge in [0.2, 0.25) is 0 Å². The molecule has 9 heteroatoms. The van der Waals surface area contributed by atoms with Crippen LogP contribution < -0.4 is 5.32 Å². The van der Waals surface area contributed by atoms with Crippen LogP contribution in [0.25, 0.3) is 0 Å². The molecular formula is C12H21N3O5S. The molecule has 0 aromatic carbocycles. The van der Waals surface area contributed by atoms with Gasteiger partial charge in [0, 0.05) is 19.3 Å². The summed E-state index contributed by atoms with van der Waals surface area (Å²) in [6, 6.07) is 0.0849. The Morgan fingerprint density at radius 1 is 1.43 bits per heavy atom. The Kier molecular flexibility index (Phi) is 7.73. The number of nitrogens with one attached hydrogen (secondary N) is 1. The minimum atomic E-state index is -3.31. The van der Waals surface area contributed by atoms with E-state index in [-0.39, 0.29) is 24.6 Å². The number of hydrogen-bond donors (Lipinski definition) is 2. The van der Waals surface area contributed by atoms with Crippen LogP contribution in [0.4, 0.5) is 4.79 Å². The lowest BCUT2D eigenvalue weighted by atomic mass is 10.2. The van der Waals surface area contributed by atoms with Crippen LogP contribution >= 0.6 is 0 Å². The number of carboxylic acids is 1. The van der Waals surface area contributed by atoms with Crippen molar-refractivity contribution < 1.29 is 23.1 Å². The van der Waals surface area contributed by atoms with Crippen molar-refractivity contribution in [3.8, 4) is 6.07 Å². The molecule has 120 valence electrons. The van der Waals surface area contributed by atoms with Crippen molar-refractivity contribution in [1.82, 2.24) is 10.2 Å². The van der Waals surface area contributed by atoms with Crippen molar-refractivity contribution in [2.24, 2.45) is 5.92 Å². The highest BCUT2D eigenvalue weighted by molar-refractivity contribution is 7.90. The number of rotatable bonds is 8. The second-order valence-electron chi connectivity index (χ2n) is 4.83. The van der Waals surface area contributed by atoms with Crippen LogP contribution in [-0.2, 0) is 14.6 Å². The molecule has 0 radical (unpaired) electrons. The molecule has 0 fully saturated rings. The fraction of sp³-hybridized carbons (Fsp3) is 0.750. The third kappa shape index (κ3) is 8.14. The van der Waals surface area contributed by atoms with Crippen molar-refractivity contribution in [3.05, 3.63) is 0 Å². The van der Waals surface area contributed by atoms with Crippen molar-refractivity contribution in [2.45, 2.75) is 26.3 Å². The number of nitriles is 1. The van der Waals surface area contributed by atoms with Gasteiger partial charge in [0.25, 0.3) is 0 Å². The van der Waals surface area contributed by atoms with Crippen molar-refractivity contribution >= 4 is 21.8 Å². The maximum Gasteiger partial charge on any atom is 0.326 e. The van der Waals surface area contributed by atoms with Gasteiger partial charge in [-0.15, -0.1) is 0 Å². The van der Waals surface area contributed by atoms with Crippen LogP contribution in [0, 0.1) is 17.2 Å². The molecule has 0 aliphatic heterocycles. The summed E-state index contributed by atoms with van der Waals surface area (Å²) in [6.45, 7) is 3.84. The van der Waals surface area contributed by atoms with Crippen molar-refractivity contribution in [1.29, 1.82) is 5.26 Å². The van der Waals surface area contributed by atoms with E-state index in [0.717, 1.165) is 6.26 Å². The van der Waals surface area contributed by atoms with Gasteiger partial charge in [-0.2, -0.15) is 5.26 Å². The van der Waals surface area contributed by atoms with Gasteiger partial charge in [0.05, 0.1) is 17.7 Å². The van der Waals surface area contributed by atoms with Crippen molar-refractivity contribution in [3.63, 3.8) is 0 Å². The molecule has 2 N–H and O–H groups in total. The van der Waals surface area contributed by atoms with Crippen LogP contribution in [-0.4, -0.2) is 61.6 Å². The SMILES string of the molecule is CCN(CC(C)C#N)C(=O)NC(CCS(C)(=O)=O)C(=O)O. The van der Waals surface area contributed by atoms with E-state index in [1.54, 1.807) is 13.8 Å². The molecule has 21 heavy (non-hydrogen) atoms. The molecule has 0 saturated heterocycles. The predicted molar refractivity (Wildman–Crippen MR) is 76.3 cm³/mol. The van der Waals surface area contributed by atoms with Crippen LogP contribution in [0.1, 0.15) is 20.3 Å². The topological polar surface area (TPSA) is 128 Å². The quantitative estimate of drug-likeness (QED) is 0.651. The predicted octanol–water partition coefficient (Wildman–Crippen LogP) is 0.0655. The van der Waals surface area contributed by atoms with Crippen LogP contribution in [0.3, 0.4) is 0 Å². The molecule has 8 nitrogen and oxygen atoms in total. The molecule has 0 aliphatic carbocycles. The lowest BCUT2D eigenvalue weighted by molar-refractivity contribution is -0.139. The fourth-order valence-corrected chi connectivity index (χ4v) is 2.22. The lowest BCUT2D eigenvalue weighted by Crippen LogP contribution is -2.49. The van der Waals surface area contributed by atoms with E-state index in [1.165, 1.54) is 4.90 Å². The number of hydrogen-bond acceptors (Lipinski definition) is 5. The second kappa shape index (κ2) is 8.46. The van der Waals surface area contributed by atoms with Gasteiger partial charge in [-0.25, -0.2) is 18.0 Å². The van der Waals surface area contributed by atoms with Crippen LogP contribution in [0.2, 0.25) is 0 Å². The fourth-order valence-electron chi connectivity index (χ4n) is 1.56. The summed E-state index contributed by atoms with van der Waals surface area (Å²) in [5, 5.41) is 20.0. The maximum absolute atomic E-state index is 12.0. The number of urea groups is 1. The van der Waals surface area contributed by atoms with Gasteiger partial charge in [-0.3, -0.25) is 0 Å². The van der Waals surface area contributed by atoms with Crippen molar-refractivity contribution in [2.75, 3.05) is 25.1 Å². The molecule has 2 atom stereocenters. The Bertz CT molecular complexity index is 511. The lowest BCUT2D eigenvalue weighted by Gasteiger charge is -2.24. The first-order chi connectivity index (χ1) is 9.60. The normalized spacial score (nSPS) is 13.8. The summed E-state index contributed by atoms with van der Waals surface area (Å²) in [5.74, 6) is -2.00. The van der Waals surface area contributed by atoms with Crippen LogP contribution in [0.15, 0.2) is 0 Å². The van der Waals surface area contributed by atoms with E-state index in [1.807, 2.05) is 6.07 Å². The smallest absolute Gasteiger partial charge is 0.326 e. The van der Waals surface area contributed by atoms with Crippen LogP contribution in [0.5, 0.6) is 0 Å². The molecule has 0 aromatic rings. The van der Waals surface area contributed by atoms with Gasteiger partial charge in [-0.05, 0) is 20.3 Å². The molecule has 0 heterocycles. The first kappa shape index (κ1) is 19.2. The molecule has 0 bridgehead atoms. The van der Waals surface area contributed by atoms with Gasteiger partial charge in [-0.1, -0.05) is 0 Å². The third-order valence-corrected chi connectivity index (χ3v) is 3.73. The number of carboxylic acid groups (broad SMARTS) is 1. The highest BCUT2D eigenvalue weighted by Gasteiger charge is 2.24. The van der Waals surface area contributed by atoms with E-state index < -0.39 is 27.9 Å². The first-order valence-electron chi connectivity index (χ1n) is 6.46. The highest BCUT2D eigenvalue weighted by atomic mass is 32.2. The van der Waals surface area contributed by atoms with Gasteiger partial charge >= 0.3 is 12.0 Å². The number of nitrogens with zero attached hydrogens (tertiary/aromatic N) is 2. The van der Waals surface area contributed by atoms with E-state index in [9.17, 15) is 18.0 Å². The average Bonchev–Trinajstić information content (AvgIpc) is 2.38. The van der Waals surface area contributed by atoms with E-state index in [0.29, 0.717) is 6.54 Å². The standard InChI is InChI=1S/C12H21N3O5S/c1-4-15(8-9(2)7-13)12(18)14-10(11(16)17)5-6-21(3,19)20/h9-10H,4-6,8H2,1-3H3,(H,14,18)(H,16,17). The van der Waals surface area contributed by atoms with E-state index in [4.69, 9.17) is 10.4 Å². The van der Waals surface area contributed by atoms with Gasteiger partial charge < -0.3 is 15.3 Å². The summed E-state index contributed by atoms with van der Waals surface area (Å²) >= 11 is 0. The molecule has 2 unspecified atom stereocenters. The third-order valence-electron chi connectivity index (χ3n) is 2.76. The average molecular weight is 319 g/mol. The molecule has 0 saturated carbocycles.